The molecule has 0 unspecified atom stereocenters. The minimum Gasteiger partial charge on any atom is -0.394 e. The second-order valence-electron chi connectivity index (χ2n) is 7.71. The summed E-state index contributed by atoms with van der Waals surface area (Å²) in [5, 5.41) is 22.0. The molecule has 3 heterocycles. The summed E-state index contributed by atoms with van der Waals surface area (Å²) < 4.78 is 8.59. The number of fused-ring (bicyclic) bond motifs is 2. The van der Waals surface area contributed by atoms with Crippen LogP contribution in [-0.2, 0) is 11.2 Å². The molecule has 4 rings (SSSR count). The summed E-state index contributed by atoms with van der Waals surface area (Å²) in [6, 6.07) is 9.71. The molecule has 3 atom stereocenters. The molecule has 0 bridgehead atoms. The summed E-state index contributed by atoms with van der Waals surface area (Å²) in [6.45, 7) is 1.44. The Balaban J connectivity index is 1.51. The van der Waals surface area contributed by atoms with Crippen LogP contribution in [0.5, 0.6) is 0 Å². The van der Waals surface area contributed by atoms with Gasteiger partial charge in [-0.3, -0.25) is 0 Å². The Bertz CT molecular complexity index is 1250. The van der Waals surface area contributed by atoms with Crippen molar-refractivity contribution in [3.8, 4) is 0 Å². The summed E-state index contributed by atoms with van der Waals surface area (Å²) >= 11 is 3.39. The standard InChI is InChI=1S/C22H25BrN6O3/c1-12(31)22(29-7-6-16-19(24)26-11-27-21(16)29)32-15(10-30)5-3-13-2-4-14-9-17(23)20(25)28-18(14)8-13/h2,4,6-9,11-12,15,22,30-31H,3,5,10H2,1H3,(H2,25,28)(H2,24,26,27)/t12-,15-,22-/m1/s1. The molecule has 0 spiro atoms. The molecule has 0 amide bonds. The van der Waals surface area contributed by atoms with Gasteiger partial charge >= 0.3 is 0 Å². The van der Waals surface area contributed by atoms with E-state index < -0.39 is 18.4 Å². The van der Waals surface area contributed by atoms with Crippen LogP contribution in [0.2, 0.25) is 0 Å². The largest absolute Gasteiger partial charge is 0.394 e. The van der Waals surface area contributed by atoms with Crippen LogP contribution in [-0.4, -0.2) is 48.5 Å². The van der Waals surface area contributed by atoms with E-state index in [4.69, 9.17) is 16.2 Å². The Hall–Kier alpha value is -2.79. The summed E-state index contributed by atoms with van der Waals surface area (Å²) in [6.07, 6.45) is 2.25. The second-order valence-corrected chi connectivity index (χ2v) is 8.57. The molecule has 0 fully saturated rings. The van der Waals surface area contributed by atoms with Gasteiger partial charge in [-0.2, -0.15) is 0 Å². The fraction of sp³-hybridized carbons (Fsp3) is 0.318. The highest BCUT2D eigenvalue weighted by Crippen LogP contribution is 2.27. The molecule has 3 aromatic heterocycles. The van der Waals surface area contributed by atoms with Crippen molar-refractivity contribution in [2.75, 3.05) is 18.1 Å². The number of benzene rings is 1. The van der Waals surface area contributed by atoms with Crippen LogP contribution >= 0.6 is 15.9 Å². The summed E-state index contributed by atoms with van der Waals surface area (Å²) in [7, 11) is 0. The third-order valence-electron chi connectivity index (χ3n) is 5.38. The van der Waals surface area contributed by atoms with Crippen molar-refractivity contribution in [1.29, 1.82) is 0 Å². The van der Waals surface area contributed by atoms with Gasteiger partial charge in [-0.1, -0.05) is 12.1 Å². The zero-order valence-electron chi connectivity index (χ0n) is 17.5. The van der Waals surface area contributed by atoms with Crippen LogP contribution in [0.1, 0.15) is 25.1 Å². The van der Waals surface area contributed by atoms with E-state index in [9.17, 15) is 10.2 Å². The highest BCUT2D eigenvalue weighted by atomic mass is 79.9. The van der Waals surface area contributed by atoms with E-state index in [-0.39, 0.29) is 6.61 Å². The van der Waals surface area contributed by atoms with Crippen molar-refractivity contribution in [2.45, 2.75) is 38.2 Å². The Kier molecular flexibility index (Phi) is 6.56. The van der Waals surface area contributed by atoms with Gasteiger partial charge in [0.15, 0.2) is 6.23 Å². The number of hydrogen-bond donors (Lipinski definition) is 4. The number of aryl methyl sites for hydroxylation is 1. The molecule has 32 heavy (non-hydrogen) atoms. The Morgan fingerprint density at radius 1 is 1.16 bits per heavy atom. The quantitative estimate of drug-likeness (QED) is 0.288. The van der Waals surface area contributed by atoms with Gasteiger partial charge in [0.1, 0.15) is 23.6 Å². The molecule has 9 nitrogen and oxygen atoms in total. The molecule has 10 heteroatoms. The van der Waals surface area contributed by atoms with Gasteiger partial charge in [0.05, 0.1) is 34.2 Å². The highest BCUT2D eigenvalue weighted by molar-refractivity contribution is 9.10. The number of nitrogens with two attached hydrogens (primary N) is 2. The average molecular weight is 501 g/mol. The average Bonchev–Trinajstić information content (AvgIpc) is 3.20. The topological polar surface area (TPSA) is 145 Å². The maximum absolute atomic E-state index is 10.4. The monoisotopic (exact) mass is 500 g/mol. The highest BCUT2D eigenvalue weighted by Gasteiger charge is 2.24. The lowest BCUT2D eigenvalue weighted by Gasteiger charge is -2.27. The van der Waals surface area contributed by atoms with Gasteiger partial charge in [0.25, 0.3) is 0 Å². The SMILES string of the molecule is C[C@@H](O)[C@@H](O[C@@H](CO)CCc1ccc2cc(Br)c(N)nc2c1)n1ccc2c(N)ncnc21. The smallest absolute Gasteiger partial charge is 0.161 e. The number of aromatic nitrogens is 4. The first kappa shape index (κ1) is 22.4. The van der Waals surface area contributed by atoms with Crippen molar-refractivity contribution in [2.24, 2.45) is 0 Å². The van der Waals surface area contributed by atoms with Crippen molar-refractivity contribution in [3.05, 3.63) is 52.9 Å². The number of hydrogen-bond acceptors (Lipinski definition) is 8. The van der Waals surface area contributed by atoms with Gasteiger partial charge in [-0.25, -0.2) is 15.0 Å². The van der Waals surface area contributed by atoms with E-state index in [0.717, 1.165) is 20.9 Å². The minimum atomic E-state index is -0.845. The van der Waals surface area contributed by atoms with Crippen LogP contribution in [0.15, 0.2) is 47.3 Å². The number of ether oxygens (including phenoxy) is 1. The molecule has 0 radical (unpaired) electrons. The van der Waals surface area contributed by atoms with E-state index >= 15 is 0 Å². The summed E-state index contributed by atoms with van der Waals surface area (Å²) in [5.41, 5.74) is 14.2. The Labute approximate surface area is 193 Å². The van der Waals surface area contributed by atoms with Crippen molar-refractivity contribution in [3.63, 3.8) is 0 Å². The first-order valence-corrected chi connectivity index (χ1v) is 11.0. The van der Waals surface area contributed by atoms with Crippen molar-refractivity contribution >= 4 is 49.5 Å². The number of aliphatic hydroxyl groups is 2. The van der Waals surface area contributed by atoms with Gasteiger partial charge in [-0.15, -0.1) is 0 Å². The van der Waals surface area contributed by atoms with E-state index in [1.807, 2.05) is 24.3 Å². The van der Waals surface area contributed by atoms with Crippen molar-refractivity contribution < 1.29 is 14.9 Å². The maximum Gasteiger partial charge on any atom is 0.161 e. The summed E-state index contributed by atoms with van der Waals surface area (Å²) in [4.78, 5) is 12.7. The molecule has 0 aliphatic rings. The van der Waals surface area contributed by atoms with E-state index in [1.165, 1.54) is 6.33 Å². The lowest BCUT2D eigenvalue weighted by molar-refractivity contribution is -0.124. The Morgan fingerprint density at radius 3 is 2.72 bits per heavy atom. The number of pyridine rings is 1. The number of anilines is 2. The number of rotatable bonds is 8. The number of nitrogen functional groups attached to an aromatic ring is 2. The minimum absolute atomic E-state index is 0.189. The number of nitrogens with zero attached hydrogens (tertiary/aromatic N) is 4. The normalized spacial score (nSPS) is 14.6. The molecule has 4 aromatic rings. The van der Waals surface area contributed by atoms with Gasteiger partial charge in [-0.05, 0) is 59.5 Å². The predicted molar refractivity (Wildman–Crippen MR) is 127 cm³/mol. The Morgan fingerprint density at radius 2 is 1.97 bits per heavy atom. The second kappa shape index (κ2) is 9.37. The molecule has 1 aromatic carbocycles. The molecule has 6 N–H and O–H groups in total. The molecule has 0 saturated heterocycles. The molecule has 168 valence electrons. The summed E-state index contributed by atoms with van der Waals surface area (Å²) in [5.74, 6) is 0.795. The van der Waals surface area contributed by atoms with Gasteiger partial charge < -0.3 is 31.0 Å². The molecule has 0 aliphatic heterocycles. The van der Waals surface area contributed by atoms with Crippen LogP contribution < -0.4 is 11.5 Å². The predicted octanol–water partition coefficient (Wildman–Crippen LogP) is 2.80. The first-order valence-electron chi connectivity index (χ1n) is 10.2. The number of aliphatic hydroxyl groups excluding tert-OH is 2. The van der Waals surface area contributed by atoms with Crippen molar-refractivity contribution in [1.82, 2.24) is 19.5 Å². The van der Waals surface area contributed by atoms with E-state index in [2.05, 4.69) is 30.9 Å². The molecule has 0 aliphatic carbocycles. The number of halogens is 1. The lowest BCUT2D eigenvalue weighted by Crippen LogP contribution is -2.31. The maximum atomic E-state index is 10.4. The lowest BCUT2D eigenvalue weighted by atomic mass is 10.0. The fourth-order valence-electron chi connectivity index (χ4n) is 3.69. The van der Waals surface area contributed by atoms with Gasteiger partial charge in [0, 0.05) is 11.6 Å². The molecular weight excluding hydrogens is 476 g/mol. The zero-order chi connectivity index (χ0) is 22.8. The van der Waals surface area contributed by atoms with Crippen LogP contribution in [0, 0.1) is 0 Å². The molecular formula is C22H25BrN6O3. The fourth-order valence-corrected chi connectivity index (χ4v) is 4.03. The van der Waals surface area contributed by atoms with E-state index in [0.29, 0.717) is 35.5 Å². The van der Waals surface area contributed by atoms with Crippen LogP contribution in [0.25, 0.3) is 21.9 Å². The van der Waals surface area contributed by atoms with Crippen LogP contribution in [0.4, 0.5) is 11.6 Å². The van der Waals surface area contributed by atoms with E-state index in [1.54, 1.807) is 23.8 Å². The van der Waals surface area contributed by atoms with Gasteiger partial charge in [0.2, 0.25) is 0 Å². The van der Waals surface area contributed by atoms with Crippen LogP contribution in [0.3, 0.4) is 0 Å². The molecule has 0 saturated carbocycles. The third kappa shape index (κ3) is 4.53. The third-order valence-corrected chi connectivity index (χ3v) is 6.02. The first-order chi connectivity index (χ1) is 15.4. The zero-order valence-corrected chi connectivity index (χ0v) is 19.1.